The summed E-state index contributed by atoms with van der Waals surface area (Å²) in [4.78, 5) is 28.2. The summed E-state index contributed by atoms with van der Waals surface area (Å²) in [6.07, 6.45) is 4.18. The van der Waals surface area contributed by atoms with Crippen LogP contribution in [0, 0.1) is 0 Å². The molecule has 0 radical (unpaired) electrons. The van der Waals surface area contributed by atoms with Gasteiger partial charge in [-0.05, 0) is 42.0 Å². The van der Waals surface area contributed by atoms with Gasteiger partial charge in [0.15, 0.2) is 11.5 Å². The number of benzene rings is 2. The third-order valence-electron chi connectivity index (χ3n) is 3.87. The third-order valence-corrected chi connectivity index (χ3v) is 3.87. The van der Waals surface area contributed by atoms with Crippen molar-refractivity contribution >= 4 is 17.9 Å². The summed E-state index contributed by atoms with van der Waals surface area (Å²) in [5, 5.41) is 9.58. The molecule has 152 valence electrons. The summed E-state index contributed by atoms with van der Waals surface area (Å²) in [6.45, 7) is 0. The Morgan fingerprint density at radius 3 is 2.57 bits per heavy atom. The molecule has 0 aliphatic rings. The number of methoxy groups -OCH3 is 1. The predicted molar refractivity (Wildman–Crippen MR) is 110 cm³/mol. The van der Waals surface area contributed by atoms with Crippen molar-refractivity contribution in [2.24, 2.45) is 0 Å². The van der Waals surface area contributed by atoms with E-state index in [4.69, 9.17) is 9.47 Å². The number of phenolic OH excluding ortho intramolecular Hbond substituents is 1. The number of aromatic nitrogens is 1. The molecule has 0 saturated heterocycles. The van der Waals surface area contributed by atoms with Crippen LogP contribution in [-0.4, -0.2) is 29.0 Å². The summed E-state index contributed by atoms with van der Waals surface area (Å²) < 4.78 is 10.7. The quantitative estimate of drug-likeness (QED) is 0.430. The lowest BCUT2D eigenvalue weighted by atomic mass is 10.2. The second-order valence-electron chi connectivity index (χ2n) is 6.00. The number of para-hydroxylation sites is 1. The number of hydrogen-bond acceptors (Lipinski definition) is 6. The largest absolute Gasteiger partial charge is 0.504 e. The summed E-state index contributed by atoms with van der Waals surface area (Å²) >= 11 is 0. The summed E-state index contributed by atoms with van der Waals surface area (Å²) in [5.41, 5.74) is 5.28. The predicted octanol–water partition coefficient (Wildman–Crippen LogP) is 3.06. The number of hydrogen-bond donors (Lipinski definition) is 3. The van der Waals surface area contributed by atoms with E-state index < -0.39 is 11.8 Å². The molecule has 0 saturated carbocycles. The molecule has 8 nitrogen and oxygen atoms in total. The number of amides is 2. The van der Waals surface area contributed by atoms with Crippen molar-refractivity contribution in [3.05, 3.63) is 84.2 Å². The molecule has 0 spiro atoms. The first kappa shape index (κ1) is 20.4. The molecule has 0 unspecified atom stereocenters. The van der Waals surface area contributed by atoms with Crippen LogP contribution in [0.1, 0.15) is 16.1 Å². The lowest BCUT2D eigenvalue weighted by Crippen LogP contribution is -2.41. The smallest absolute Gasteiger partial charge is 0.288 e. The number of nitrogens with one attached hydrogen (secondary N) is 2. The zero-order valence-electron chi connectivity index (χ0n) is 16.0. The Morgan fingerprint density at radius 2 is 1.80 bits per heavy atom. The van der Waals surface area contributed by atoms with Crippen molar-refractivity contribution in [2.45, 2.75) is 0 Å². The van der Waals surface area contributed by atoms with Gasteiger partial charge in [-0.3, -0.25) is 25.4 Å². The fourth-order valence-corrected chi connectivity index (χ4v) is 2.42. The Bertz CT molecular complexity index is 1070. The van der Waals surface area contributed by atoms with Gasteiger partial charge in [0.25, 0.3) is 11.8 Å². The van der Waals surface area contributed by atoms with Crippen LogP contribution in [0.3, 0.4) is 0 Å². The average Bonchev–Trinajstić information content (AvgIpc) is 2.77. The van der Waals surface area contributed by atoms with Crippen LogP contribution in [-0.2, 0) is 4.79 Å². The number of pyridine rings is 1. The van der Waals surface area contributed by atoms with Gasteiger partial charge in [0.2, 0.25) is 0 Å². The Hall–Kier alpha value is -4.33. The van der Waals surface area contributed by atoms with Gasteiger partial charge in [-0.15, -0.1) is 0 Å². The van der Waals surface area contributed by atoms with E-state index in [0.717, 1.165) is 0 Å². The highest BCUT2D eigenvalue weighted by Crippen LogP contribution is 2.26. The van der Waals surface area contributed by atoms with E-state index in [1.54, 1.807) is 30.3 Å². The highest BCUT2D eigenvalue weighted by atomic mass is 16.5. The molecule has 1 aromatic heterocycles. The Balaban J connectivity index is 1.56. The van der Waals surface area contributed by atoms with Gasteiger partial charge in [0.05, 0.1) is 7.11 Å². The molecule has 0 fully saturated rings. The van der Waals surface area contributed by atoms with Crippen LogP contribution >= 0.6 is 0 Å². The number of nitrogens with zero attached hydrogens (tertiary/aromatic N) is 1. The number of aromatic hydroxyl groups is 1. The fourth-order valence-electron chi connectivity index (χ4n) is 2.42. The zero-order valence-corrected chi connectivity index (χ0v) is 16.0. The van der Waals surface area contributed by atoms with Crippen molar-refractivity contribution in [2.75, 3.05) is 7.11 Å². The van der Waals surface area contributed by atoms with E-state index in [9.17, 15) is 14.7 Å². The summed E-state index contributed by atoms with van der Waals surface area (Å²) in [5.74, 6) is 0.203. The Kier molecular flexibility index (Phi) is 6.63. The van der Waals surface area contributed by atoms with Crippen LogP contribution in [0.4, 0.5) is 0 Å². The van der Waals surface area contributed by atoms with E-state index in [0.29, 0.717) is 17.1 Å². The molecule has 2 amide bonds. The van der Waals surface area contributed by atoms with Crippen molar-refractivity contribution < 1.29 is 24.2 Å². The molecule has 0 aliphatic heterocycles. The van der Waals surface area contributed by atoms with Gasteiger partial charge in [-0.2, -0.15) is 0 Å². The van der Waals surface area contributed by atoms with Gasteiger partial charge in [-0.25, -0.2) is 0 Å². The Labute approximate surface area is 172 Å². The molecule has 8 heteroatoms. The van der Waals surface area contributed by atoms with E-state index in [-0.39, 0.29) is 17.2 Å². The van der Waals surface area contributed by atoms with Crippen molar-refractivity contribution in [1.29, 1.82) is 0 Å². The highest BCUT2D eigenvalue weighted by molar-refractivity contribution is 5.97. The second kappa shape index (κ2) is 9.74. The number of phenols is 1. The van der Waals surface area contributed by atoms with E-state index >= 15 is 0 Å². The first-order chi connectivity index (χ1) is 14.5. The monoisotopic (exact) mass is 405 g/mol. The zero-order chi connectivity index (χ0) is 21.3. The molecule has 3 N–H and O–H groups in total. The number of carbonyl (C=O) groups excluding carboxylic acids is 2. The average molecular weight is 405 g/mol. The van der Waals surface area contributed by atoms with Gasteiger partial charge in [-0.1, -0.05) is 24.3 Å². The first-order valence-electron chi connectivity index (χ1n) is 8.89. The summed E-state index contributed by atoms with van der Waals surface area (Å²) in [7, 11) is 1.43. The van der Waals surface area contributed by atoms with Crippen molar-refractivity contribution in [1.82, 2.24) is 15.8 Å². The molecule has 0 aliphatic carbocycles. The lowest BCUT2D eigenvalue weighted by molar-refractivity contribution is -0.117. The standard InChI is InChI=1S/C22H19N3O5/c1-29-20-13-15(7-9-19(20)26)8-10-21(27)24-25-22(28)18-14-17(11-12-23-18)30-16-5-3-2-4-6-16/h2-14,26H,1H3,(H,24,27)(H,25,28). The number of hydrazine groups is 1. The van der Waals surface area contributed by atoms with Gasteiger partial charge >= 0.3 is 0 Å². The topological polar surface area (TPSA) is 110 Å². The number of rotatable bonds is 6. The van der Waals surface area contributed by atoms with Crippen LogP contribution in [0.2, 0.25) is 0 Å². The van der Waals surface area contributed by atoms with Gasteiger partial charge in [0.1, 0.15) is 17.2 Å². The normalized spacial score (nSPS) is 10.4. The molecular formula is C22H19N3O5. The molecule has 3 rings (SSSR count). The van der Waals surface area contributed by atoms with Crippen LogP contribution in [0.15, 0.2) is 72.9 Å². The molecule has 30 heavy (non-hydrogen) atoms. The SMILES string of the molecule is COc1cc(C=CC(=O)NNC(=O)c2cc(Oc3ccccc3)ccn2)ccc1O. The molecule has 0 bridgehead atoms. The lowest BCUT2D eigenvalue weighted by Gasteiger charge is -2.08. The maximum absolute atomic E-state index is 12.2. The van der Waals surface area contributed by atoms with Crippen molar-refractivity contribution in [3.8, 4) is 23.0 Å². The van der Waals surface area contributed by atoms with E-state index in [1.165, 1.54) is 37.6 Å². The minimum absolute atomic E-state index is 0.00246. The highest BCUT2D eigenvalue weighted by Gasteiger charge is 2.10. The third kappa shape index (κ3) is 5.59. The molecule has 1 heterocycles. The van der Waals surface area contributed by atoms with Gasteiger partial charge < -0.3 is 14.6 Å². The van der Waals surface area contributed by atoms with E-state index in [1.807, 2.05) is 18.2 Å². The molecular weight excluding hydrogens is 386 g/mol. The molecule has 2 aromatic carbocycles. The van der Waals surface area contributed by atoms with Crippen molar-refractivity contribution in [3.63, 3.8) is 0 Å². The van der Waals surface area contributed by atoms with Crippen LogP contribution in [0.25, 0.3) is 6.08 Å². The molecule has 0 atom stereocenters. The minimum Gasteiger partial charge on any atom is -0.504 e. The van der Waals surface area contributed by atoms with Gasteiger partial charge in [0, 0.05) is 18.3 Å². The van der Waals surface area contributed by atoms with Crippen LogP contribution in [0.5, 0.6) is 23.0 Å². The maximum Gasteiger partial charge on any atom is 0.288 e. The fraction of sp³-hybridized carbons (Fsp3) is 0.0455. The number of ether oxygens (including phenoxy) is 2. The van der Waals surface area contributed by atoms with E-state index in [2.05, 4.69) is 15.8 Å². The number of carbonyl (C=O) groups is 2. The Morgan fingerprint density at radius 1 is 1.00 bits per heavy atom. The second-order valence-corrected chi connectivity index (χ2v) is 6.00. The summed E-state index contributed by atoms with van der Waals surface area (Å²) in [6, 6.07) is 16.8. The first-order valence-corrected chi connectivity index (χ1v) is 8.89. The minimum atomic E-state index is -0.596. The van der Waals surface area contributed by atoms with Crippen LogP contribution < -0.4 is 20.3 Å². The maximum atomic E-state index is 12.2. The molecule has 3 aromatic rings.